The van der Waals surface area contributed by atoms with Crippen molar-refractivity contribution in [3.05, 3.63) is 104 Å². The second-order valence-corrected chi connectivity index (χ2v) is 9.33. The Morgan fingerprint density at radius 3 is 2.12 bits per heavy atom. The van der Waals surface area contributed by atoms with Gasteiger partial charge in [0.15, 0.2) is 0 Å². The van der Waals surface area contributed by atoms with E-state index in [4.69, 9.17) is 11.6 Å². The van der Waals surface area contributed by atoms with E-state index in [1.165, 1.54) is 19.1 Å². The summed E-state index contributed by atoms with van der Waals surface area (Å²) in [4.78, 5) is 53.2. The van der Waals surface area contributed by atoms with Gasteiger partial charge in [0.1, 0.15) is 5.78 Å². The van der Waals surface area contributed by atoms with Crippen LogP contribution in [-0.4, -0.2) is 22.5 Å². The van der Waals surface area contributed by atoms with Crippen LogP contribution in [0.2, 0.25) is 5.02 Å². The summed E-state index contributed by atoms with van der Waals surface area (Å²) in [6.07, 6.45) is 0. The second-order valence-electron chi connectivity index (χ2n) is 8.92. The smallest absolute Gasteiger partial charge is 0.271 e. The maximum atomic E-state index is 14.0. The zero-order valence-corrected chi connectivity index (χ0v) is 18.7. The Kier molecular flexibility index (Phi) is 4.17. The van der Waals surface area contributed by atoms with Gasteiger partial charge in [-0.05, 0) is 35.2 Å². The largest absolute Gasteiger partial charge is 0.299 e. The number of ketones is 1. The highest BCUT2D eigenvalue weighted by atomic mass is 35.5. The fourth-order valence-electron chi connectivity index (χ4n) is 6.39. The third-order valence-electron chi connectivity index (χ3n) is 7.55. The van der Waals surface area contributed by atoms with E-state index in [0.29, 0.717) is 0 Å². The third kappa shape index (κ3) is 2.29. The molecule has 7 rings (SSSR count). The lowest BCUT2D eigenvalue weighted by molar-refractivity contribution is -0.384. The number of hydrogen-bond acceptors (Lipinski definition) is 5. The first kappa shape index (κ1) is 20.7. The Balaban J connectivity index is 1.65. The molecule has 1 fully saturated rings. The number of carbonyl (C=O) groups is 3. The summed E-state index contributed by atoms with van der Waals surface area (Å²) in [5.74, 6) is -3.51. The molecule has 0 saturated carbocycles. The van der Waals surface area contributed by atoms with E-state index in [1.807, 2.05) is 48.5 Å². The quantitative estimate of drug-likeness (QED) is 0.320. The molecule has 7 nitrogen and oxygen atoms in total. The number of imide groups is 1. The van der Waals surface area contributed by atoms with Gasteiger partial charge in [-0.2, -0.15) is 0 Å². The summed E-state index contributed by atoms with van der Waals surface area (Å²) in [7, 11) is 0. The molecule has 4 aliphatic rings. The average Bonchev–Trinajstić information content (AvgIpc) is 3.10. The van der Waals surface area contributed by atoms with Crippen molar-refractivity contribution in [3.63, 3.8) is 0 Å². The fraction of sp³-hybridized carbons (Fsp3) is 0.192. The van der Waals surface area contributed by atoms with Gasteiger partial charge in [0, 0.05) is 18.1 Å². The third-order valence-corrected chi connectivity index (χ3v) is 7.87. The van der Waals surface area contributed by atoms with Crippen LogP contribution in [0.25, 0.3) is 0 Å². The topological polar surface area (TPSA) is 97.6 Å². The fourth-order valence-corrected chi connectivity index (χ4v) is 6.60. The predicted molar refractivity (Wildman–Crippen MR) is 124 cm³/mol. The second kappa shape index (κ2) is 6.84. The number of nitro groups is 1. The van der Waals surface area contributed by atoms with Crippen LogP contribution in [0.1, 0.15) is 35.1 Å². The molecule has 34 heavy (non-hydrogen) atoms. The minimum Gasteiger partial charge on any atom is -0.299 e. The maximum Gasteiger partial charge on any atom is 0.271 e. The van der Waals surface area contributed by atoms with Crippen molar-refractivity contribution in [2.45, 2.75) is 18.3 Å². The summed E-state index contributed by atoms with van der Waals surface area (Å²) in [6.45, 7) is 1.46. The molecule has 2 atom stereocenters. The van der Waals surface area contributed by atoms with E-state index in [-0.39, 0.29) is 22.2 Å². The van der Waals surface area contributed by atoms with E-state index in [9.17, 15) is 24.5 Å². The molecule has 3 aliphatic carbocycles. The molecule has 8 heteroatoms. The van der Waals surface area contributed by atoms with Crippen molar-refractivity contribution >= 4 is 40.6 Å². The first-order chi connectivity index (χ1) is 16.3. The minimum absolute atomic E-state index is 0.0357. The van der Waals surface area contributed by atoms with Gasteiger partial charge in [0.05, 0.1) is 32.9 Å². The van der Waals surface area contributed by atoms with Crippen LogP contribution >= 0.6 is 11.6 Å². The van der Waals surface area contributed by atoms with Gasteiger partial charge in [-0.25, -0.2) is 4.90 Å². The average molecular weight is 473 g/mol. The van der Waals surface area contributed by atoms with Crippen molar-refractivity contribution in [1.29, 1.82) is 0 Å². The van der Waals surface area contributed by atoms with Crippen LogP contribution in [-0.2, 0) is 19.8 Å². The van der Waals surface area contributed by atoms with Gasteiger partial charge in [0.25, 0.3) is 5.69 Å². The number of halogens is 1. The lowest BCUT2D eigenvalue weighted by Gasteiger charge is -2.52. The summed E-state index contributed by atoms with van der Waals surface area (Å²) < 4.78 is 0. The number of anilines is 1. The van der Waals surface area contributed by atoms with Gasteiger partial charge in [-0.3, -0.25) is 24.5 Å². The van der Waals surface area contributed by atoms with E-state index in [0.717, 1.165) is 33.2 Å². The zero-order chi connectivity index (χ0) is 23.9. The molecular formula is C26H17ClN2O5. The van der Waals surface area contributed by atoms with E-state index < -0.39 is 39.9 Å². The SMILES string of the molecule is CC(=O)C12c3ccccc3C(c3ccccc31)[C@H]1C(=O)N(c3cc([N+](=O)[O-])ccc3Cl)C(=O)[C@@H]12. The molecule has 0 radical (unpaired) electrons. The molecule has 1 aliphatic heterocycles. The van der Waals surface area contributed by atoms with Crippen LogP contribution in [0.3, 0.4) is 0 Å². The first-order valence-electron chi connectivity index (χ1n) is 10.8. The number of amides is 2. The van der Waals surface area contributed by atoms with Crippen LogP contribution < -0.4 is 4.90 Å². The van der Waals surface area contributed by atoms with Crippen molar-refractivity contribution in [2.75, 3.05) is 4.90 Å². The number of Topliss-reactive ketones (excluding diaryl/α,β-unsaturated/α-hetero) is 1. The zero-order valence-electron chi connectivity index (χ0n) is 17.9. The Morgan fingerprint density at radius 2 is 1.56 bits per heavy atom. The van der Waals surface area contributed by atoms with Crippen LogP contribution in [0.15, 0.2) is 66.7 Å². The number of benzene rings is 3. The number of nitro benzene ring substituents is 1. The summed E-state index contributed by atoms with van der Waals surface area (Å²) >= 11 is 6.34. The molecule has 3 aromatic carbocycles. The van der Waals surface area contributed by atoms with Crippen LogP contribution in [0.5, 0.6) is 0 Å². The molecule has 1 saturated heterocycles. The molecule has 3 aromatic rings. The van der Waals surface area contributed by atoms with Crippen LogP contribution in [0.4, 0.5) is 11.4 Å². The molecule has 0 N–H and O–H groups in total. The Bertz CT molecular complexity index is 1420. The Hall–Kier alpha value is -3.84. The lowest BCUT2D eigenvalue weighted by Crippen LogP contribution is -2.57. The number of nitrogens with zero attached hydrogens (tertiary/aromatic N) is 2. The summed E-state index contributed by atoms with van der Waals surface area (Å²) in [5, 5.41) is 11.4. The lowest BCUT2D eigenvalue weighted by atomic mass is 9.46. The molecular weight excluding hydrogens is 456 g/mol. The predicted octanol–water partition coefficient (Wildman–Crippen LogP) is 4.39. The molecule has 0 spiro atoms. The summed E-state index contributed by atoms with van der Waals surface area (Å²) in [6, 6.07) is 18.6. The number of carbonyl (C=O) groups excluding carboxylic acids is 3. The van der Waals surface area contributed by atoms with Crippen molar-refractivity contribution in [2.24, 2.45) is 11.8 Å². The van der Waals surface area contributed by atoms with Crippen molar-refractivity contribution in [3.8, 4) is 0 Å². The van der Waals surface area contributed by atoms with Crippen molar-refractivity contribution < 1.29 is 19.3 Å². The van der Waals surface area contributed by atoms with E-state index >= 15 is 0 Å². The highest BCUT2D eigenvalue weighted by Gasteiger charge is 2.70. The molecule has 0 unspecified atom stereocenters. The molecule has 168 valence electrons. The van der Waals surface area contributed by atoms with Crippen LogP contribution in [0, 0.1) is 22.0 Å². The molecule has 1 heterocycles. The van der Waals surface area contributed by atoms with Gasteiger partial charge in [-0.15, -0.1) is 0 Å². The maximum absolute atomic E-state index is 14.0. The number of rotatable bonds is 3. The molecule has 2 amide bonds. The number of non-ortho nitro benzene ring substituents is 1. The summed E-state index contributed by atoms with van der Waals surface area (Å²) in [5.41, 5.74) is 1.52. The van der Waals surface area contributed by atoms with Crippen molar-refractivity contribution in [1.82, 2.24) is 0 Å². The highest BCUT2D eigenvalue weighted by Crippen LogP contribution is 2.64. The molecule has 2 bridgehead atoms. The molecule has 0 aromatic heterocycles. The Morgan fingerprint density at radius 1 is 0.971 bits per heavy atom. The minimum atomic E-state index is -1.33. The van der Waals surface area contributed by atoms with Gasteiger partial charge in [0.2, 0.25) is 11.8 Å². The monoisotopic (exact) mass is 472 g/mol. The van der Waals surface area contributed by atoms with Gasteiger partial charge < -0.3 is 0 Å². The Labute approximate surface area is 199 Å². The van der Waals surface area contributed by atoms with E-state index in [2.05, 4.69) is 0 Å². The normalized spacial score (nSPS) is 26.2. The standard InChI is InChI=1S/C26H17ClN2O5/c1-13(30)26-17-8-4-2-6-15(17)21(16-7-3-5-9-18(16)26)22-23(26)25(32)28(24(22)31)20-12-14(29(33)34)10-11-19(20)27/h2-12,21-23H,1H3/t21?,22-,23-,26?/m1/s1. The first-order valence-corrected chi connectivity index (χ1v) is 11.2. The van der Waals surface area contributed by atoms with Gasteiger partial charge >= 0.3 is 0 Å². The van der Waals surface area contributed by atoms with E-state index in [1.54, 1.807) is 0 Å². The highest BCUT2D eigenvalue weighted by molar-refractivity contribution is 6.36. The number of hydrogen-bond donors (Lipinski definition) is 0. The van der Waals surface area contributed by atoms with Gasteiger partial charge in [-0.1, -0.05) is 60.1 Å².